The zero-order valence-corrected chi connectivity index (χ0v) is 16.1. The van der Waals surface area contributed by atoms with E-state index >= 15 is 0 Å². The third-order valence-corrected chi connectivity index (χ3v) is 4.93. The van der Waals surface area contributed by atoms with E-state index in [-0.39, 0.29) is 11.5 Å². The molecule has 3 aromatic rings. The summed E-state index contributed by atoms with van der Waals surface area (Å²) in [6.45, 7) is 3.51. The summed E-state index contributed by atoms with van der Waals surface area (Å²) in [5, 5.41) is 2.33. The number of benzene rings is 2. The van der Waals surface area contributed by atoms with Crippen LogP contribution in [-0.4, -0.2) is 30.0 Å². The number of nitrogens with zero attached hydrogens (tertiary/aromatic N) is 1. The molecular formula is C21H19NO4S. The molecular weight excluding hydrogens is 362 g/mol. The Labute approximate surface area is 161 Å². The Morgan fingerprint density at radius 2 is 1.70 bits per heavy atom. The van der Waals surface area contributed by atoms with Gasteiger partial charge in [0.05, 0.1) is 7.11 Å². The topological polar surface area (TPSA) is 65.5 Å². The number of aromatic nitrogens is 1. The average molecular weight is 381 g/mol. The third kappa shape index (κ3) is 4.41. The minimum atomic E-state index is -0.883. The fraction of sp³-hybridized carbons (Fsp3) is 0.190. The Kier molecular flexibility index (Phi) is 5.66. The van der Waals surface area contributed by atoms with Crippen LogP contribution in [0, 0.1) is 6.92 Å². The number of methoxy groups -OCH3 is 1. The zero-order chi connectivity index (χ0) is 19.4. The smallest absolute Gasteiger partial charge is 0.358 e. The van der Waals surface area contributed by atoms with Crippen molar-refractivity contribution in [3.05, 3.63) is 70.7 Å². The van der Waals surface area contributed by atoms with Crippen molar-refractivity contribution in [1.29, 1.82) is 0 Å². The maximum atomic E-state index is 12.4. The lowest BCUT2D eigenvalue weighted by molar-refractivity contribution is 0.0314. The van der Waals surface area contributed by atoms with Crippen molar-refractivity contribution in [3.8, 4) is 16.3 Å². The molecule has 1 atom stereocenters. The van der Waals surface area contributed by atoms with Gasteiger partial charge in [-0.2, -0.15) is 0 Å². The number of rotatable bonds is 6. The summed E-state index contributed by atoms with van der Waals surface area (Å²) in [7, 11) is 1.60. The van der Waals surface area contributed by atoms with E-state index in [1.807, 2.05) is 43.3 Å². The van der Waals surface area contributed by atoms with Crippen LogP contribution < -0.4 is 4.74 Å². The Morgan fingerprint density at radius 3 is 2.33 bits per heavy atom. The van der Waals surface area contributed by atoms with Gasteiger partial charge in [-0.3, -0.25) is 4.79 Å². The third-order valence-electron chi connectivity index (χ3n) is 4.04. The molecule has 0 aliphatic heterocycles. The molecule has 27 heavy (non-hydrogen) atoms. The van der Waals surface area contributed by atoms with Crippen LogP contribution >= 0.6 is 11.3 Å². The fourth-order valence-electron chi connectivity index (χ4n) is 2.46. The number of hydrogen-bond acceptors (Lipinski definition) is 6. The van der Waals surface area contributed by atoms with Gasteiger partial charge < -0.3 is 9.47 Å². The highest BCUT2D eigenvalue weighted by atomic mass is 32.1. The van der Waals surface area contributed by atoms with Crippen molar-refractivity contribution in [3.63, 3.8) is 0 Å². The number of carbonyl (C=O) groups is 2. The lowest BCUT2D eigenvalue weighted by atomic mass is 10.1. The highest BCUT2D eigenvalue weighted by Crippen LogP contribution is 2.26. The Bertz CT molecular complexity index is 945. The Hall–Kier alpha value is -2.99. The predicted octanol–water partition coefficient (Wildman–Crippen LogP) is 4.56. The van der Waals surface area contributed by atoms with E-state index in [0.29, 0.717) is 10.6 Å². The molecule has 1 aromatic heterocycles. The van der Waals surface area contributed by atoms with E-state index in [2.05, 4.69) is 4.98 Å². The van der Waals surface area contributed by atoms with Gasteiger partial charge in [-0.25, -0.2) is 9.78 Å². The first-order valence-corrected chi connectivity index (χ1v) is 9.27. The zero-order valence-electron chi connectivity index (χ0n) is 15.3. The molecule has 2 aromatic carbocycles. The van der Waals surface area contributed by atoms with Crippen LogP contribution in [0.25, 0.3) is 10.6 Å². The molecule has 0 N–H and O–H groups in total. The quantitative estimate of drug-likeness (QED) is 0.463. The number of carbonyl (C=O) groups excluding carboxylic acids is 2. The van der Waals surface area contributed by atoms with Crippen LogP contribution in [0.15, 0.2) is 53.9 Å². The van der Waals surface area contributed by atoms with Gasteiger partial charge in [0.15, 0.2) is 11.8 Å². The largest absolute Gasteiger partial charge is 0.497 e. The summed E-state index contributed by atoms with van der Waals surface area (Å²) in [6.07, 6.45) is -0.883. The van der Waals surface area contributed by atoms with Crippen LogP contribution in [0.2, 0.25) is 0 Å². The van der Waals surface area contributed by atoms with Crippen molar-refractivity contribution in [1.82, 2.24) is 4.98 Å². The molecule has 1 heterocycles. The van der Waals surface area contributed by atoms with Crippen LogP contribution in [0.1, 0.15) is 33.3 Å². The Morgan fingerprint density at radius 1 is 1.04 bits per heavy atom. The van der Waals surface area contributed by atoms with Gasteiger partial charge in [0.1, 0.15) is 10.8 Å². The number of esters is 1. The minimum absolute atomic E-state index is 0.189. The molecule has 5 nitrogen and oxygen atoms in total. The number of aryl methyl sites for hydroxylation is 1. The summed E-state index contributed by atoms with van der Waals surface area (Å²) in [5.41, 5.74) is 2.64. The van der Waals surface area contributed by atoms with Gasteiger partial charge in [-0.05, 0) is 38.1 Å². The predicted molar refractivity (Wildman–Crippen MR) is 104 cm³/mol. The first-order valence-electron chi connectivity index (χ1n) is 8.39. The monoisotopic (exact) mass is 381 g/mol. The number of thiazole rings is 1. The molecule has 0 spiro atoms. The van der Waals surface area contributed by atoms with E-state index in [4.69, 9.17) is 9.47 Å². The minimum Gasteiger partial charge on any atom is -0.497 e. The average Bonchev–Trinajstić information content (AvgIpc) is 3.18. The first kappa shape index (κ1) is 18.8. The normalized spacial score (nSPS) is 11.7. The van der Waals surface area contributed by atoms with E-state index in [9.17, 15) is 9.59 Å². The molecule has 0 aliphatic carbocycles. The highest BCUT2D eigenvalue weighted by molar-refractivity contribution is 7.13. The number of ether oxygens (including phenoxy) is 2. The van der Waals surface area contributed by atoms with Gasteiger partial charge in [0.25, 0.3) is 0 Å². The first-order chi connectivity index (χ1) is 13.0. The lowest BCUT2D eigenvalue weighted by Gasteiger charge is -2.11. The fourth-order valence-corrected chi connectivity index (χ4v) is 3.26. The van der Waals surface area contributed by atoms with Crippen LogP contribution in [0.4, 0.5) is 0 Å². The Balaban J connectivity index is 1.68. The van der Waals surface area contributed by atoms with E-state index in [0.717, 1.165) is 16.9 Å². The molecule has 0 saturated heterocycles. The van der Waals surface area contributed by atoms with Crippen LogP contribution in [-0.2, 0) is 4.74 Å². The molecule has 138 valence electrons. The van der Waals surface area contributed by atoms with Gasteiger partial charge in [-0.15, -0.1) is 11.3 Å². The van der Waals surface area contributed by atoms with Gasteiger partial charge in [-0.1, -0.05) is 29.8 Å². The summed E-state index contributed by atoms with van der Waals surface area (Å²) in [4.78, 5) is 29.1. The van der Waals surface area contributed by atoms with E-state index < -0.39 is 12.1 Å². The molecule has 0 amide bonds. The number of Topliss-reactive ketones (excluding diaryl/α,β-unsaturated/α-hetero) is 1. The second kappa shape index (κ2) is 8.14. The molecule has 0 unspecified atom stereocenters. The molecule has 3 rings (SSSR count). The van der Waals surface area contributed by atoms with Gasteiger partial charge in [0.2, 0.25) is 5.78 Å². The van der Waals surface area contributed by atoms with E-state index in [1.165, 1.54) is 11.3 Å². The van der Waals surface area contributed by atoms with Crippen LogP contribution in [0.5, 0.6) is 5.75 Å². The molecule has 0 fully saturated rings. The van der Waals surface area contributed by atoms with Crippen molar-refractivity contribution in [2.75, 3.05) is 7.11 Å². The molecule has 0 aliphatic rings. The van der Waals surface area contributed by atoms with Crippen molar-refractivity contribution < 1.29 is 19.1 Å². The molecule has 6 heteroatoms. The second-order valence-corrected chi connectivity index (χ2v) is 6.90. The van der Waals surface area contributed by atoms with Crippen LogP contribution in [0.3, 0.4) is 0 Å². The molecule has 0 bridgehead atoms. The van der Waals surface area contributed by atoms with Crippen molar-refractivity contribution in [2.24, 2.45) is 0 Å². The number of hydrogen-bond donors (Lipinski definition) is 0. The second-order valence-electron chi connectivity index (χ2n) is 6.04. The highest BCUT2D eigenvalue weighted by Gasteiger charge is 2.22. The summed E-state index contributed by atoms with van der Waals surface area (Å²) < 4.78 is 10.4. The standard InChI is InChI=1S/C21H19NO4S/c1-13-4-6-15(7-5-13)19(23)14(2)26-21(24)18-12-27-20(22-18)16-8-10-17(25-3)11-9-16/h4-12,14H,1-3H3/t14-/m1/s1. The summed E-state index contributed by atoms with van der Waals surface area (Å²) in [5.74, 6) is -0.105. The molecule has 0 radical (unpaired) electrons. The molecule has 0 saturated carbocycles. The lowest BCUT2D eigenvalue weighted by Crippen LogP contribution is -2.24. The summed E-state index contributed by atoms with van der Waals surface area (Å²) in [6, 6.07) is 14.6. The maximum Gasteiger partial charge on any atom is 0.358 e. The number of ketones is 1. The van der Waals surface area contributed by atoms with E-state index in [1.54, 1.807) is 31.5 Å². The van der Waals surface area contributed by atoms with Crippen molar-refractivity contribution in [2.45, 2.75) is 20.0 Å². The summed E-state index contributed by atoms with van der Waals surface area (Å²) >= 11 is 1.34. The van der Waals surface area contributed by atoms with Gasteiger partial charge in [0, 0.05) is 16.5 Å². The van der Waals surface area contributed by atoms with Gasteiger partial charge >= 0.3 is 5.97 Å². The maximum absolute atomic E-state index is 12.4. The van der Waals surface area contributed by atoms with Crippen molar-refractivity contribution >= 4 is 23.1 Å². The SMILES string of the molecule is COc1ccc(-c2nc(C(=O)O[C@H](C)C(=O)c3ccc(C)cc3)cs2)cc1.